The fourth-order valence-electron chi connectivity index (χ4n) is 2.03. The Morgan fingerprint density at radius 3 is 3.12 bits per heavy atom. The summed E-state index contributed by atoms with van der Waals surface area (Å²) in [5.41, 5.74) is 0.915. The molecule has 0 aromatic heterocycles. The van der Waals surface area contributed by atoms with Crippen molar-refractivity contribution in [3.05, 3.63) is 29.8 Å². The molecule has 1 aromatic carbocycles. The molecule has 1 heterocycles. The van der Waals surface area contributed by atoms with Crippen molar-refractivity contribution in [2.45, 2.75) is 19.4 Å². The molecule has 1 amide bonds. The number of hydrogen-bond acceptors (Lipinski definition) is 3. The van der Waals surface area contributed by atoms with Gasteiger partial charge in [-0.3, -0.25) is 4.79 Å². The number of phenolic OH excluding ortho intramolecular Hbond substituents is 1. The van der Waals surface area contributed by atoms with Crippen molar-refractivity contribution >= 4 is 5.91 Å². The van der Waals surface area contributed by atoms with Crippen molar-refractivity contribution in [1.29, 1.82) is 0 Å². The number of carbonyl (C=O) groups excluding carboxylic acids is 1. The first-order chi connectivity index (χ1) is 8.20. The molecule has 1 N–H and O–H groups in total. The van der Waals surface area contributed by atoms with E-state index in [1.54, 1.807) is 18.2 Å². The van der Waals surface area contributed by atoms with Crippen molar-refractivity contribution in [3.8, 4) is 5.75 Å². The largest absolute Gasteiger partial charge is 0.508 e. The minimum Gasteiger partial charge on any atom is -0.508 e. The molecule has 0 aliphatic carbocycles. The number of rotatable bonds is 2. The summed E-state index contributed by atoms with van der Waals surface area (Å²) in [6.45, 7) is 3.63. The second-order valence-corrected chi connectivity index (χ2v) is 4.15. The van der Waals surface area contributed by atoms with E-state index in [0.29, 0.717) is 26.1 Å². The predicted octanol–water partition coefficient (Wildman–Crippen LogP) is 1.70. The van der Waals surface area contributed by atoms with Crippen LogP contribution in [-0.4, -0.2) is 35.6 Å². The van der Waals surface area contributed by atoms with Crippen LogP contribution in [0.25, 0.3) is 0 Å². The normalized spacial score (nSPS) is 20.3. The van der Waals surface area contributed by atoms with Crippen LogP contribution in [0.15, 0.2) is 24.3 Å². The monoisotopic (exact) mass is 235 g/mol. The summed E-state index contributed by atoms with van der Waals surface area (Å²) in [5.74, 6) is 0.378. The fourth-order valence-corrected chi connectivity index (χ4v) is 2.03. The van der Waals surface area contributed by atoms with E-state index < -0.39 is 0 Å². The first-order valence-electron chi connectivity index (χ1n) is 5.89. The molecule has 0 radical (unpaired) electrons. The van der Waals surface area contributed by atoms with Gasteiger partial charge in [0.25, 0.3) is 0 Å². The lowest BCUT2D eigenvalue weighted by Gasteiger charge is -2.33. The molecule has 1 atom stereocenters. The number of amides is 1. The van der Waals surface area contributed by atoms with Gasteiger partial charge in [-0.2, -0.15) is 0 Å². The molecule has 4 nitrogen and oxygen atoms in total. The maximum Gasteiger partial charge on any atom is 0.222 e. The lowest BCUT2D eigenvalue weighted by molar-refractivity contribution is -0.138. The van der Waals surface area contributed by atoms with Gasteiger partial charge in [0.2, 0.25) is 5.91 Å². The summed E-state index contributed by atoms with van der Waals surface area (Å²) in [5, 5.41) is 9.43. The van der Waals surface area contributed by atoms with Crippen LogP contribution in [0.4, 0.5) is 0 Å². The zero-order chi connectivity index (χ0) is 12.3. The zero-order valence-corrected chi connectivity index (χ0v) is 9.93. The van der Waals surface area contributed by atoms with E-state index in [0.717, 1.165) is 5.56 Å². The molecule has 0 spiro atoms. The summed E-state index contributed by atoms with van der Waals surface area (Å²) in [6, 6.07) is 7.00. The number of carbonyl (C=O) groups is 1. The van der Waals surface area contributed by atoms with Crippen LogP contribution in [0.1, 0.15) is 25.0 Å². The van der Waals surface area contributed by atoms with E-state index in [1.807, 2.05) is 17.9 Å². The maximum atomic E-state index is 11.6. The molecule has 2 rings (SSSR count). The van der Waals surface area contributed by atoms with E-state index in [1.165, 1.54) is 0 Å². The zero-order valence-electron chi connectivity index (χ0n) is 9.93. The number of phenols is 1. The van der Waals surface area contributed by atoms with Gasteiger partial charge >= 0.3 is 0 Å². The van der Waals surface area contributed by atoms with Crippen molar-refractivity contribution in [3.63, 3.8) is 0 Å². The molecule has 1 aliphatic heterocycles. The quantitative estimate of drug-likeness (QED) is 0.848. The highest BCUT2D eigenvalue weighted by Crippen LogP contribution is 2.25. The second-order valence-electron chi connectivity index (χ2n) is 4.15. The van der Waals surface area contributed by atoms with Gasteiger partial charge in [0, 0.05) is 13.0 Å². The lowest BCUT2D eigenvalue weighted by atomic mass is 10.1. The molecule has 0 saturated carbocycles. The van der Waals surface area contributed by atoms with Crippen LogP contribution in [0.5, 0.6) is 5.75 Å². The summed E-state index contributed by atoms with van der Waals surface area (Å²) >= 11 is 0. The average molecular weight is 235 g/mol. The standard InChI is InChI=1S/C13H17NO3/c1-2-13(16)14-6-7-17-12(9-14)10-4-3-5-11(15)8-10/h3-5,8,12,15H,2,6-7,9H2,1H3. The topological polar surface area (TPSA) is 49.8 Å². The molecule has 0 bridgehead atoms. The van der Waals surface area contributed by atoms with Gasteiger partial charge in [0.15, 0.2) is 0 Å². The Balaban J connectivity index is 2.09. The Kier molecular flexibility index (Phi) is 3.64. The minimum absolute atomic E-state index is 0.133. The van der Waals surface area contributed by atoms with E-state index >= 15 is 0 Å². The van der Waals surface area contributed by atoms with Crippen LogP contribution in [0, 0.1) is 0 Å². The second kappa shape index (κ2) is 5.19. The van der Waals surface area contributed by atoms with Crippen LogP contribution >= 0.6 is 0 Å². The van der Waals surface area contributed by atoms with E-state index in [4.69, 9.17) is 4.74 Å². The Hall–Kier alpha value is -1.55. The van der Waals surface area contributed by atoms with Gasteiger partial charge in [-0.05, 0) is 17.7 Å². The smallest absolute Gasteiger partial charge is 0.222 e. The summed E-state index contributed by atoms with van der Waals surface area (Å²) in [4.78, 5) is 13.4. The van der Waals surface area contributed by atoms with Gasteiger partial charge in [0.05, 0.1) is 13.2 Å². The third-order valence-electron chi connectivity index (χ3n) is 2.96. The van der Waals surface area contributed by atoms with Crippen LogP contribution < -0.4 is 0 Å². The minimum atomic E-state index is -0.133. The number of ether oxygens (including phenoxy) is 1. The summed E-state index contributed by atoms with van der Waals surface area (Å²) in [6.07, 6.45) is 0.388. The molecule has 92 valence electrons. The van der Waals surface area contributed by atoms with Crippen molar-refractivity contribution in [2.24, 2.45) is 0 Å². The van der Waals surface area contributed by atoms with Crippen molar-refractivity contribution in [1.82, 2.24) is 4.90 Å². The van der Waals surface area contributed by atoms with E-state index in [2.05, 4.69) is 0 Å². The third kappa shape index (κ3) is 2.77. The number of morpholine rings is 1. The number of aromatic hydroxyl groups is 1. The molecule has 17 heavy (non-hydrogen) atoms. The van der Waals surface area contributed by atoms with Crippen LogP contribution in [0.2, 0.25) is 0 Å². The van der Waals surface area contributed by atoms with Crippen molar-refractivity contribution in [2.75, 3.05) is 19.7 Å². The molecular formula is C13H17NO3. The SMILES string of the molecule is CCC(=O)N1CCOC(c2cccc(O)c2)C1. The summed E-state index contributed by atoms with van der Waals surface area (Å²) < 4.78 is 5.64. The molecular weight excluding hydrogens is 218 g/mol. The third-order valence-corrected chi connectivity index (χ3v) is 2.96. The highest BCUT2D eigenvalue weighted by Gasteiger charge is 2.24. The van der Waals surface area contributed by atoms with Gasteiger partial charge in [-0.25, -0.2) is 0 Å². The molecule has 1 saturated heterocycles. The van der Waals surface area contributed by atoms with E-state index in [9.17, 15) is 9.90 Å². The van der Waals surface area contributed by atoms with Gasteiger partial charge in [-0.15, -0.1) is 0 Å². The van der Waals surface area contributed by atoms with E-state index in [-0.39, 0.29) is 17.8 Å². The molecule has 4 heteroatoms. The summed E-state index contributed by atoms with van der Waals surface area (Å²) in [7, 11) is 0. The molecule has 1 fully saturated rings. The molecule has 1 unspecified atom stereocenters. The Bertz CT molecular complexity index is 405. The highest BCUT2D eigenvalue weighted by molar-refractivity contribution is 5.75. The first kappa shape index (κ1) is 11.9. The number of hydrogen-bond donors (Lipinski definition) is 1. The predicted molar refractivity (Wildman–Crippen MR) is 63.7 cm³/mol. The van der Waals surface area contributed by atoms with Gasteiger partial charge < -0.3 is 14.7 Å². The lowest BCUT2D eigenvalue weighted by Crippen LogP contribution is -2.41. The Labute approximate surface area is 101 Å². The Morgan fingerprint density at radius 1 is 1.59 bits per heavy atom. The van der Waals surface area contributed by atoms with Gasteiger partial charge in [0.1, 0.15) is 11.9 Å². The number of nitrogens with zero attached hydrogens (tertiary/aromatic N) is 1. The van der Waals surface area contributed by atoms with Crippen LogP contribution in [0.3, 0.4) is 0 Å². The van der Waals surface area contributed by atoms with Gasteiger partial charge in [-0.1, -0.05) is 19.1 Å². The first-order valence-corrected chi connectivity index (χ1v) is 5.89. The average Bonchev–Trinajstić information content (AvgIpc) is 2.38. The Morgan fingerprint density at radius 2 is 2.41 bits per heavy atom. The molecule has 1 aromatic rings. The molecule has 1 aliphatic rings. The maximum absolute atomic E-state index is 11.6. The fraction of sp³-hybridized carbons (Fsp3) is 0.462. The highest BCUT2D eigenvalue weighted by atomic mass is 16.5. The number of benzene rings is 1. The van der Waals surface area contributed by atoms with Crippen LogP contribution in [-0.2, 0) is 9.53 Å². The van der Waals surface area contributed by atoms with Crippen molar-refractivity contribution < 1.29 is 14.6 Å².